The summed E-state index contributed by atoms with van der Waals surface area (Å²) < 4.78 is 10.2. The van der Waals surface area contributed by atoms with E-state index in [1.165, 1.54) is 11.3 Å². The molecule has 0 aliphatic carbocycles. The average Bonchev–Trinajstić information content (AvgIpc) is 2.76. The topological polar surface area (TPSA) is 64.6 Å². The lowest BCUT2D eigenvalue weighted by molar-refractivity contribution is -0.117. The highest BCUT2D eigenvalue weighted by molar-refractivity contribution is 7.18. The third kappa shape index (κ3) is 5.30. The highest BCUT2D eigenvalue weighted by Gasteiger charge is 2.15. The Morgan fingerprint density at radius 3 is 2.70 bits per heavy atom. The van der Waals surface area contributed by atoms with Gasteiger partial charge in [0.15, 0.2) is 0 Å². The van der Waals surface area contributed by atoms with E-state index in [9.17, 15) is 9.59 Å². The van der Waals surface area contributed by atoms with Gasteiger partial charge in [0, 0.05) is 6.61 Å². The Morgan fingerprint density at radius 1 is 1.30 bits per heavy atom. The van der Waals surface area contributed by atoms with Crippen molar-refractivity contribution >= 4 is 28.2 Å². The number of hydrogen-bond acceptors (Lipinski definition) is 5. The molecule has 0 aliphatic rings. The Balaban J connectivity index is 2.50. The van der Waals surface area contributed by atoms with E-state index in [0.29, 0.717) is 36.1 Å². The minimum Gasteiger partial charge on any atom is -0.462 e. The zero-order valence-electron chi connectivity index (χ0n) is 12.2. The van der Waals surface area contributed by atoms with Gasteiger partial charge in [0.2, 0.25) is 5.91 Å². The molecule has 0 atom stereocenters. The normalized spacial score (nSPS) is 10.3. The third-order valence-electron chi connectivity index (χ3n) is 2.46. The molecule has 0 radical (unpaired) electrons. The lowest BCUT2D eigenvalue weighted by Gasteiger charge is -2.03. The fraction of sp³-hybridized carbons (Fsp3) is 0.571. The fourth-order valence-electron chi connectivity index (χ4n) is 1.55. The van der Waals surface area contributed by atoms with Gasteiger partial charge in [-0.2, -0.15) is 0 Å². The first-order chi connectivity index (χ1) is 9.58. The van der Waals surface area contributed by atoms with Gasteiger partial charge in [0.05, 0.1) is 24.6 Å². The van der Waals surface area contributed by atoms with Crippen LogP contribution in [0, 0.1) is 6.92 Å². The molecule has 1 aromatic heterocycles. The van der Waals surface area contributed by atoms with Gasteiger partial charge in [-0.3, -0.25) is 4.79 Å². The Hall–Kier alpha value is -1.40. The molecule has 0 unspecified atom stereocenters. The molecule has 0 saturated carbocycles. The Labute approximate surface area is 123 Å². The summed E-state index contributed by atoms with van der Waals surface area (Å²) in [4.78, 5) is 23.9. The molecule has 5 nitrogen and oxygen atoms in total. The number of nitrogens with one attached hydrogen (secondary N) is 1. The predicted octanol–water partition coefficient (Wildman–Crippen LogP) is 2.99. The first-order valence-corrected chi connectivity index (χ1v) is 7.55. The number of thiophene rings is 1. The molecule has 0 bridgehead atoms. The van der Waals surface area contributed by atoms with Crippen LogP contribution in [-0.4, -0.2) is 31.7 Å². The Morgan fingerprint density at radius 2 is 2.05 bits per heavy atom. The minimum atomic E-state index is -0.346. The molecule has 1 heterocycles. The van der Waals surface area contributed by atoms with Crippen LogP contribution in [0.15, 0.2) is 6.07 Å². The van der Waals surface area contributed by atoms with E-state index < -0.39 is 0 Å². The summed E-state index contributed by atoms with van der Waals surface area (Å²) in [6, 6.07) is 1.78. The molecule has 1 aromatic rings. The van der Waals surface area contributed by atoms with Crippen molar-refractivity contribution in [3.05, 3.63) is 16.5 Å². The molecule has 1 N–H and O–H groups in total. The molecule has 0 fully saturated rings. The summed E-state index contributed by atoms with van der Waals surface area (Å²) in [6.45, 7) is 7.02. The summed E-state index contributed by atoms with van der Waals surface area (Å²) in [5, 5.41) is 3.43. The van der Waals surface area contributed by atoms with Crippen LogP contribution in [0.2, 0.25) is 0 Å². The molecular formula is C14H21NO4S. The number of hydrogen-bond donors (Lipinski definition) is 1. The van der Waals surface area contributed by atoms with Crippen LogP contribution in [0.3, 0.4) is 0 Å². The number of aryl methyl sites for hydroxylation is 1. The van der Waals surface area contributed by atoms with Gasteiger partial charge in [0.25, 0.3) is 0 Å². The molecule has 0 spiro atoms. The van der Waals surface area contributed by atoms with E-state index in [2.05, 4.69) is 5.32 Å². The maximum absolute atomic E-state index is 11.7. The first-order valence-electron chi connectivity index (χ1n) is 6.73. The van der Waals surface area contributed by atoms with E-state index in [0.717, 1.165) is 12.0 Å². The summed E-state index contributed by atoms with van der Waals surface area (Å²) >= 11 is 1.23. The van der Waals surface area contributed by atoms with Crippen LogP contribution in [0.4, 0.5) is 5.00 Å². The Kier molecular flexibility index (Phi) is 7.25. The van der Waals surface area contributed by atoms with Gasteiger partial charge < -0.3 is 14.8 Å². The van der Waals surface area contributed by atoms with Gasteiger partial charge in [-0.05, 0) is 31.9 Å². The van der Waals surface area contributed by atoms with Crippen molar-refractivity contribution in [1.82, 2.24) is 0 Å². The summed E-state index contributed by atoms with van der Waals surface area (Å²) in [5.41, 5.74) is 0.811. The average molecular weight is 299 g/mol. The zero-order valence-corrected chi connectivity index (χ0v) is 13.0. The van der Waals surface area contributed by atoms with Gasteiger partial charge >= 0.3 is 5.97 Å². The number of carbonyl (C=O) groups excluding carboxylic acids is 2. The number of esters is 1. The molecule has 20 heavy (non-hydrogen) atoms. The van der Waals surface area contributed by atoms with Crippen LogP contribution in [-0.2, 0) is 14.3 Å². The molecule has 0 aromatic carbocycles. The molecule has 1 amide bonds. The van der Waals surface area contributed by atoms with Crippen molar-refractivity contribution < 1.29 is 19.1 Å². The van der Waals surface area contributed by atoms with Gasteiger partial charge in [-0.15, -0.1) is 11.3 Å². The van der Waals surface area contributed by atoms with Crippen molar-refractivity contribution in [1.29, 1.82) is 0 Å². The van der Waals surface area contributed by atoms with E-state index in [-0.39, 0.29) is 11.9 Å². The second kappa shape index (κ2) is 8.71. The summed E-state index contributed by atoms with van der Waals surface area (Å²) in [7, 11) is 0. The molecule has 6 heteroatoms. The third-order valence-corrected chi connectivity index (χ3v) is 3.60. The van der Waals surface area contributed by atoms with E-state index >= 15 is 0 Å². The number of amides is 1. The summed E-state index contributed by atoms with van der Waals surface area (Å²) in [5.74, 6) is -0.459. The lowest BCUT2D eigenvalue weighted by atomic mass is 10.3. The summed E-state index contributed by atoms with van der Waals surface area (Å²) in [6.07, 6.45) is 1.25. The van der Waals surface area contributed by atoms with Gasteiger partial charge in [0.1, 0.15) is 4.88 Å². The van der Waals surface area contributed by atoms with E-state index in [1.54, 1.807) is 13.0 Å². The zero-order chi connectivity index (χ0) is 15.0. The molecular weight excluding hydrogens is 278 g/mol. The lowest BCUT2D eigenvalue weighted by Crippen LogP contribution is -2.13. The second-order valence-electron chi connectivity index (χ2n) is 4.25. The largest absolute Gasteiger partial charge is 0.462 e. The number of rotatable bonds is 8. The fourth-order valence-corrected chi connectivity index (χ4v) is 2.54. The maximum atomic E-state index is 11.7. The highest BCUT2D eigenvalue weighted by Crippen LogP contribution is 2.27. The van der Waals surface area contributed by atoms with Crippen molar-refractivity contribution in [2.45, 2.75) is 33.6 Å². The van der Waals surface area contributed by atoms with Crippen LogP contribution in [0.5, 0.6) is 0 Å². The quantitative estimate of drug-likeness (QED) is 0.592. The number of carbonyl (C=O) groups is 2. The van der Waals surface area contributed by atoms with Crippen molar-refractivity contribution in [2.24, 2.45) is 0 Å². The first kappa shape index (κ1) is 16.7. The molecule has 0 saturated heterocycles. The Bertz CT molecular complexity index is 456. The monoisotopic (exact) mass is 299 g/mol. The number of ether oxygens (including phenoxy) is 2. The van der Waals surface area contributed by atoms with E-state index in [4.69, 9.17) is 9.47 Å². The van der Waals surface area contributed by atoms with Gasteiger partial charge in [-0.25, -0.2) is 4.79 Å². The highest BCUT2D eigenvalue weighted by atomic mass is 32.1. The van der Waals surface area contributed by atoms with Crippen molar-refractivity contribution in [2.75, 3.05) is 25.1 Å². The van der Waals surface area contributed by atoms with Crippen LogP contribution >= 0.6 is 11.3 Å². The van der Waals surface area contributed by atoms with Crippen molar-refractivity contribution in [3.63, 3.8) is 0 Å². The molecule has 1 rings (SSSR count). The van der Waals surface area contributed by atoms with Crippen molar-refractivity contribution in [3.8, 4) is 0 Å². The molecule has 0 aliphatic heterocycles. The van der Waals surface area contributed by atoms with Crippen LogP contribution < -0.4 is 5.32 Å². The SMILES string of the molecule is CCCOCCC(=O)Nc1cc(C)c(C(=O)OCC)s1. The van der Waals surface area contributed by atoms with Crippen LogP contribution in [0.1, 0.15) is 41.9 Å². The second-order valence-corrected chi connectivity index (χ2v) is 5.31. The smallest absolute Gasteiger partial charge is 0.348 e. The molecule has 112 valence electrons. The van der Waals surface area contributed by atoms with E-state index in [1.807, 2.05) is 13.8 Å². The van der Waals surface area contributed by atoms with Crippen LogP contribution in [0.25, 0.3) is 0 Å². The minimum absolute atomic E-state index is 0.113. The number of anilines is 1. The standard InChI is InChI=1S/C14H21NO4S/c1-4-7-18-8-6-11(16)15-12-9-10(3)13(20-12)14(17)19-5-2/h9H,4-8H2,1-3H3,(H,15,16). The predicted molar refractivity (Wildman–Crippen MR) is 79.4 cm³/mol. The maximum Gasteiger partial charge on any atom is 0.348 e. The van der Waals surface area contributed by atoms with Gasteiger partial charge in [-0.1, -0.05) is 6.92 Å².